The molecule has 0 unspecified atom stereocenters. The highest BCUT2D eigenvalue weighted by Crippen LogP contribution is 2.22. The standard InChI is InChI=1S/C15H13ClN2O2S/c1-10-12(6-4-7-13(10)16)14(20)18-15-17-9-11(21-15)5-2-3-8-19/h4,6-7,9,19H,3,8H2,1H3,(H,17,18,20). The van der Waals surface area contributed by atoms with Gasteiger partial charge in [0.15, 0.2) is 5.13 Å². The summed E-state index contributed by atoms with van der Waals surface area (Å²) < 4.78 is 0. The molecular formula is C15H13ClN2O2S. The highest BCUT2D eigenvalue weighted by molar-refractivity contribution is 7.16. The number of nitrogens with one attached hydrogen (secondary N) is 1. The van der Waals surface area contributed by atoms with Gasteiger partial charge in [-0.15, -0.1) is 0 Å². The Morgan fingerprint density at radius 2 is 2.33 bits per heavy atom. The van der Waals surface area contributed by atoms with Crippen LogP contribution in [0.15, 0.2) is 24.4 Å². The van der Waals surface area contributed by atoms with Gasteiger partial charge >= 0.3 is 0 Å². The van der Waals surface area contributed by atoms with E-state index in [0.717, 1.165) is 10.4 Å². The summed E-state index contributed by atoms with van der Waals surface area (Å²) in [7, 11) is 0. The van der Waals surface area contributed by atoms with E-state index in [2.05, 4.69) is 22.1 Å². The molecule has 2 N–H and O–H groups in total. The number of thiazole rings is 1. The van der Waals surface area contributed by atoms with Crippen LogP contribution in [0.3, 0.4) is 0 Å². The topological polar surface area (TPSA) is 62.2 Å². The van der Waals surface area contributed by atoms with Crippen LogP contribution in [0.25, 0.3) is 0 Å². The van der Waals surface area contributed by atoms with Gasteiger partial charge in [0.05, 0.1) is 17.7 Å². The van der Waals surface area contributed by atoms with Crippen LogP contribution in [0.5, 0.6) is 0 Å². The maximum atomic E-state index is 12.2. The lowest BCUT2D eigenvalue weighted by atomic mass is 10.1. The quantitative estimate of drug-likeness (QED) is 0.854. The Hall–Kier alpha value is -1.87. The van der Waals surface area contributed by atoms with E-state index in [0.29, 0.717) is 22.1 Å². The van der Waals surface area contributed by atoms with Crippen molar-refractivity contribution >= 4 is 34.0 Å². The molecule has 1 amide bonds. The van der Waals surface area contributed by atoms with Gasteiger partial charge in [0.1, 0.15) is 0 Å². The molecule has 1 heterocycles. The molecule has 0 fully saturated rings. The highest BCUT2D eigenvalue weighted by atomic mass is 35.5. The first kappa shape index (κ1) is 15.5. The lowest BCUT2D eigenvalue weighted by Crippen LogP contribution is -2.13. The highest BCUT2D eigenvalue weighted by Gasteiger charge is 2.12. The first-order chi connectivity index (χ1) is 10.1. The Morgan fingerprint density at radius 1 is 1.52 bits per heavy atom. The number of aliphatic hydroxyl groups excluding tert-OH is 1. The van der Waals surface area contributed by atoms with Crippen molar-refractivity contribution in [3.05, 3.63) is 45.4 Å². The third kappa shape index (κ3) is 4.05. The van der Waals surface area contributed by atoms with Gasteiger partial charge in [-0.05, 0) is 24.6 Å². The zero-order chi connectivity index (χ0) is 15.2. The maximum absolute atomic E-state index is 12.2. The van der Waals surface area contributed by atoms with Gasteiger partial charge in [-0.25, -0.2) is 4.98 Å². The summed E-state index contributed by atoms with van der Waals surface area (Å²) in [6, 6.07) is 5.19. The number of hydrogen-bond acceptors (Lipinski definition) is 4. The van der Waals surface area contributed by atoms with Crippen molar-refractivity contribution in [3.63, 3.8) is 0 Å². The average molecular weight is 321 g/mol. The molecule has 0 bridgehead atoms. The predicted octanol–water partition coefficient (Wildman–Crippen LogP) is 3.09. The van der Waals surface area contributed by atoms with Crippen molar-refractivity contribution in [2.45, 2.75) is 13.3 Å². The number of carbonyl (C=O) groups excluding carboxylic acids is 1. The van der Waals surface area contributed by atoms with Gasteiger partial charge < -0.3 is 5.11 Å². The molecule has 0 saturated heterocycles. The minimum Gasteiger partial charge on any atom is -0.395 e. The van der Waals surface area contributed by atoms with Crippen molar-refractivity contribution in [3.8, 4) is 11.8 Å². The number of carbonyl (C=O) groups is 1. The molecule has 1 aromatic carbocycles. The summed E-state index contributed by atoms with van der Waals surface area (Å²) in [6.07, 6.45) is 2.01. The summed E-state index contributed by atoms with van der Waals surface area (Å²) in [5, 5.41) is 12.4. The van der Waals surface area contributed by atoms with Gasteiger partial charge in [-0.2, -0.15) is 0 Å². The molecule has 0 aliphatic rings. The van der Waals surface area contributed by atoms with E-state index in [1.54, 1.807) is 31.3 Å². The zero-order valence-corrected chi connectivity index (χ0v) is 12.9. The summed E-state index contributed by atoms with van der Waals surface area (Å²) >= 11 is 7.29. The molecule has 0 aliphatic heterocycles. The fourth-order valence-corrected chi connectivity index (χ4v) is 2.47. The number of amides is 1. The van der Waals surface area contributed by atoms with E-state index in [4.69, 9.17) is 16.7 Å². The first-order valence-corrected chi connectivity index (χ1v) is 7.43. The van der Waals surface area contributed by atoms with Gasteiger partial charge in [0, 0.05) is 17.0 Å². The number of halogens is 1. The van der Waals surface area contributed by atoms with Crippen LogP contribution in [0, 0.1) is 18.8 Å². The van der Waals surface area contributed by atoms with Crippen molar-refractivity contribution in [2.24, 2.45) is 0 Å². The largest absolute Gasteiger partial charge is 0.395 e. The normalized spacial score (nSPS) is 9.86. The molecule has 6 heteroatoms. The Morgan fingerprint density at radius 3 is 3.10 bits per heavy atom. The summed E-state index contributed by atoms with van der Waals surface area (Å²) in [5.41, 5.74) is 1.25. The second-order valence-corrected chi connectivity index (χ2v) is 5.61. The number of nitrogens with zero attached hydrogens (tertiary/aromatic N) is 1. The molecule has 2 aromatic rings. The molecule has 4 nitrogen and oxygen atoms in total. The lowest BCUT2D eigenvalue weighted by Gasteiger charge is -2.06. The van der Waals surface area contributed by atoms with Gasteiger partial charge in [0.25, 0.3) is 5.91 Å². The van der Waals surface area contributed by atoms with E-state index in [9.17, 15) is 4.79 Å². The second kappa shape index (κ2) is 7.23. The molecule has 0 atom stereocenters. The fourth-order valence-electron chi connectivity index (χ4n) is 1.61. The van der Waals surface area contributed by atoms with Crippen molar-refractivity contribution < 1.29 is 9.90 Å². The predicted molar refractivity (Wildman–Crippen MR) is 84.8 cm³/mol. The summed E-state index contributed by atoms with van der Waals surface area (Å²) in [4.78, 5) is 17.0. The van der Waals surface area contributed by atoms with Crippen LogP contribution in [-0.2, 0) is 0 Å². The molecule has 0 aliphatic carbocycles. The molecule has 0 spiro atoms. The van der Waals surface area contributed by atoms with Crippen molar-refractivity contribution in [2.75, 3.05) is 11.9 Å². The fraction of sp³-hybridized carbons (Fsp3) is 0.200. The van der Waals surface area contributed by atoms with Crippen LogP contribution < -0.4 is 5.32 Å². The van der Waals surface area contributed by atoms with Gasteiger partial charge in [0.2, 0.25) is 0 Å². The molecular weight excluding hydrogens is 308 g/mol. The summed E-state index contributed by atoms with van der Waals surface area (Å²) in [6.45, 7) is 1.83. The summed E-state index contributed by atoms with van der Waals surface area (Å²) in [5.74, 6) is 5.43. The SMILES string of the molecule is Cc1c(Cl)cccc1C(=O)Nc1ncc(C#CCCO)s1. The van der Waals surface area contributed by atoms with Gasteiger partial charge in [-0.3, -0.25) is 10.1 Å². The number of hydrogen-bond donors (Lipinski definition) is 2. The third-order valence-corrected chi connectivity index (χ3v) is 3.92. The monoisotopic (exact) mass is 320 g/mol. The number of anilines is 1. The Bertz CT molecular complexity index is 716. The van der Waals surface area contributed by atoms with Crippen LogP contribution in [0.2, 0.25) is 5.02 Å². The first-order valence-electron chi connectivity index (χ1n) is 6.24. The minimum atomic E-state index is -0.251. The van der Waals surface area contributed by atoms with E-state index in [1.807, 2.05) is 0 Å². The number of aliphatic hydroxyl groups is 1. The molecule has 2 rings (SSSR count). The smallest absolute Gasteiger partial charge is 0.257 e. The van der Waals surface area contributed by atoms with Crippen LogP contribution in [0.1, 0.15) is 27.2 Å². The second-order valence-electron chi connectivity index (χ2n) is 4.17. The Kier molecular flexibility index (Phi) is 5.34. The van der Waals surface area contributed by atoms with E-state index < -0.39 is 0 Å². The van der Waals surface area contributed by atoms with E-state index >= 15 is 0 Å². The average Bonchev–Trinajstić information content (AvgIpc) is 2.89. The lowest BCUT2D eigenvalue weighted by molar-refractivity contribution is 0.102. The zero-order valence-electron chi connectivity index (χ0n) is 11.3. The number of aromatic nitrogens is 1. The Balaban J connectivity index is 2.10. The van der Waals surface area contributed by atoms with Crippen LogP contribution >= 0.6 is 22.9 Å². The van der Waals surface area contributed by atoms with Crippen LogP contribution in [0.4, 0.5) is 5.13 Å². The van der Waals surface area contributed by atoms with E-state index in [-0.39, 0.29) is 12.5 Å². The molecule has 108 valence electrons. The number of rotatable bonds is 3. The third-order valence-electron chi connectivity index (χ3n) is 2.69. The van der Waals surface area contributed by atoms with Crippen LogP contribution in [-0.4, -0.2) is 22.6 Å². The molecule has 1 aromatic heterocycles. The van der Waals surface area contributed by atoms with Crippen molar-refractivity contribution in [1.82, 2.24) is 4.98 Å². The number of benzene rings is 1. The molecule has 0 radical (unpaired) electrons. The van der Waals surface area contributed by atoms with E-state index in [1.165, 1.54) is 11.3 Å². The Labute approximate surface area is 131 Å². The molecule has 0 saturated carbocycles. The molecule has 21 heavy (non-hydrogen) atoms. The van der Waals surface area contributed by atoms with Crippen molar-refractivity contribution in [1.29, 1.82) is 0 Å². The van der Waals surface area contributed by atoms with Gasteiger partial charge in [-0.1, -0.05) is 40.8 Å². The maximum Gasteiger partial charge on any atom is 0.257 e. The minimum absolute atomic E-state index is 0.0312.